The molecule has 3 aromatic rings. The second-order valence-electron chi connectivity index (χ2n) is 5.18. The monoisotopic (exact) mass is 306 g/mol. The van der Waals surface area contributed by atoms with Crippen molar-refractivity contribution in [1.29, 1.82) is 0 Å². The fraction of sp³-hybridized carbons (Fsp3) is 0.0526. The highest BCUT2D eigenvalue weighted by Gasteiger charge is 2.16. The normalized spacial score (nSPS) is 12.6. The van der Waals surface area contributed by atoms with Crippen LogP contribution in [0.3, 0.4) is 0 Å². The van der Waals surface area contributed by atoms with Gasteiger partial charge in [-0.15, -0.1) is 0 Å². The van der Waals surface area contributed by atoms with Crippen LogP contribution < -0.4 is 0 Å². The van der Waals surface area contributed by atoms with Crippen molar-refractivity contribution in [2.75, 3.05) is 0 Å². The molecule has 3 aromatic carbocycles. The number of rotatable bonds is 1. The van der Waals surface area contributed by atoms with Gasteiger partial charge in [0.25, 0.3) is 0 Å². The van der Waals surface area contributed by atoms with Crippen molar-refractivity contribution in [3.8, 4) is 11.1 Å². The van der Waals surface area contributed by atoms with Crippen LogP contribution in [0, 0.1) is 6.92 Å². The number of aryl methyl sites for hydroxylation is 1. The Labute approximate surface area is 133 Å². The zero-order chi connectivity index (χ0) is 14.2. The third-order valence-electron chi connectivity index (χ3n) is 3.62. The van der Waals surface area contributed by atoms with Gasteiger partial charge in [0.05, 0.1) is 0 Å². The lowest BCUT2D eigenvalue weighted by Crippen LogP contribution is -1.90. The summed E-state index contributed by atoms with van der Waals surface area (Å²) in [6.45, 7) is 2.13. The Morgan fingerprint density at radius 1 is 0.571 bits per heavy atom. The summed E-state index contributed by atoms with van der Waals surface area (Å²) >= 11 is 3.74. The summed E-state index contributed by atoms with van der Waals surface area (Å²) in [6, 6.07) is 24.2. The number of fused-ring (bicyclic) bond motifs is 2. The van der Waals surface area contributed by atoms with E-state index in [1.54, 1.807) is 0 Å². The van der Waals surface area contributed by atoms with Crippen LogP contribution in [0.5, 0.6) is 0 Å². The van der Waals surface area contributed by atoms with Crippen molar-refractivity contribution in [3.63, 3.8) is 0 Å². The summed E-state index contributed by atoms with van der Waals surface area (Å²) in [5, 5.41) is 0. The van der Waals surface area contributed by atoms with E-state index < -0.39 is 0 Å². The first-order valence-corrected chi connectivity index (χ1v) is 8.59. The summed E-state index contributed by atoms with van der Waals surface area (Å²) < 4.78 is 0. The van der Waals surface area contributed by atoms with E-state index in [2.05, 4.69) is 73.7 Å². The van der Waals surface area contributed by atoms with E-state index in [0.29, 0.717) is 0 Å². The molecular weight excluding hydrogens is 292 g/mol. The van der Waals surface area contributed by atoms with E-state index in [1.807, 2.05) is 23.5 Å². The van der Waals surface area contributed by atoms with Crippen molar-refractivity contribution in [3.05, 3.63) is 72.3 Å². The van der Waals surface area contributed by atoms with Crippen molar-refractivity contribution >= 4 is 23.5 Å². The minimum Gasteiger partial charge on any atom is -0.0877 e. The lowest BCUT2D eigenvalue weighted by molar-refractivity contribution is 1.16. The highest BCUT2D eigenvalue weighted by molar-refractivity contribution is 8.05. The molecule has 0 N–H and O–H groups in total. The molecule has 0 nitrogen and oxygen atoms in total. The standard InChI is InChI=1S/C19H14S2/c1-13-6-8-14(9-7-13)15-10-11-18-19(12-15)21-17-5-3-2-4-16(17)20-18/h2-12H,1H3. The summed E-state index contributed by atoms with van der Waals surface area (Å²) in [5.41, 5.74) is 3.88. The fourth-order valence-corrected chi connectivity index (χ4v) is 4.71. The summed E-state index contributed by atoms with van der Waals surface area (Å²) in [4.78, 5) is 5.43. The highest BCUT2D eigenvalue weighted by Crippen LogP contribution is 2.49. The van der Waals surface area contributed by atoms with Crippen molar-refractivity contribution in [1.82, 2.24) is 0 Å². The van der Waals surface area contributed by atoms with E-state index in [1.165, 1.54) is 36.3 Å². The van der Waals surface area contributed by atoms with Gasteiger partial charge in [0.15, 0.2) is 0 Å². The third kappa shape index (κ3) is 2.50. The van der Waals surface area contributed by atoms with E-state index in [-0.39, 0.29) is 0 Å². The molecule has 21 heavy (non-hydrogen) atoms. The first kappa shape index (κ1) is 13.1. The molecule has 2 heteroatoms. The van der Waals surface area contributed by atoms with Crippen LogP contribution in [0.4, 0.5) is 0 Å². The summed E-state index contributed by atoms with van der Waals surface area (Å²) in [5.74, 6) is 0. The first-order chi connectivity index (χ1) is 10.3. The Morgan fingerprint density at radius 3 is 1.86 bits per heavy atom. The van der Waals surface area contributed by atoms with Crippen molar-refractivity contribution < 1.29 is 0 Å². The van der Waals surface area contributed by atoms with Gasteiger partial charge in [-0.05, 0) is 42.3 Å². The van der Waals surface area contributed by atoms with Crippen molar-refractivity contribution in [2.24, 2.45) is 0 Å². The molecule has 0 saturated carbocycles. The van der Waals surface area contributed by atoms with Crippen LogP contribution in [0.2, 0.25) is 0 Å². The smallest absolute Gasteiger partial charge is 0.0268 e. The molecule has 102 valence electrons. The highest BCUT2D eigenvalue weighted by atomic mass is 32.2. The number of hydrogen-bond acceptors (Lipinski definition) is 2. The molecule has 1 heterocycles. The van der Waals surface area contributed by atoms with Gasteiger partial charge in [0.1, 0.15) is 0 Å². The van der Waals surface area contributed by atoms with Gasteiger partial charge in [-0.3, -0.25) is 0 Å². The van der Waals surface area contributed by atoms with Gasteiger partial charge in [-0.25, -0.2) is 0 Å². The largest absolute Gasteiger partial charge is 0.0877 e. The number of hydrogen-bond donors (Lipinski definition) is 0. The molecule has 0 unspecified atom stereocenters. The molecule has 0 amide bonds. The maximum absolute atomic E-state index is 2.31. The van der Waals surface area contributed by atoms with Gasteiger partial charge in [-0.2, -0.15) is 0 Å². The minimum absolute atomic E-state index is 1.29. The second kappa shape index (κ2) is 5.28. The Hall–Kier alpha value is -1.64. The lowest BCUT2D eigenvalue weighted by Gasteiger charge is -2.18. The van der Waals surface area contributed by atoms with E-state index in [0.717, 1.165) is 0 Å². The lowest BCUT2D eigenvalue weighted by atomic mass is 10.0. The zero-order valence-corrected chi connectivity index (χ0v) is 13.3. The Bertz CT molecular complexity index is 804. The predicted molar refractivity (Wildman–Crippen MR) is 91.3 cm³/mol. The molecule has 1 aliphatic heterocycles. The molecule has 0 bridgehead atoms. The molecule has 0 spiro atoms. The van der Waals surface area contributed by atoms with E-state index in [9.17, 15) is 0 Å². The zero-order valence-electron chi connectivity index (χ0n) is 11.7. The van der Waals surface area contributed by atoms with Crippen LogP contribution in [-0.4, -0.2) is 0 Å². The van der Waals surface area contributed by atoms with Gasteiger partial charge < -0.3 is 0 Å². The second-order valence-corrected chi connectivity index (χ2v) is 7.35. The molecule has 0 atom stereocenters. The SMILES string of the molecule is Cc1ccc(-c2ccc3c(c2)Sc2ccccc2S3)cc1. The van der Waals surface area contributed by atoms with Gasteiger partial charge >= 0.3 is 0 Å². The number of benzene rings is 3. The van der Waals surface area contributed by atoms with Crippen LogP contribution in [0.15, 0.2) is 86.3 Å². The Morgan fingerprint density at radius 2 is 1.14 bits per heavy atom. The van der Waals surface area contributed by atoms with Crippen LogP contribution >= 0.6 is 23.5 Å². The maximum atomic E-state index is 2.31. The van der Waals surface area contributed by atoms with Crippen molar-refractivity contribution in [2.45, 2.75) is 26.5 Å². The summed E-state index contributed by atoms with van der Waals surface area (Å²) in [6.07, 6.45) is 0. The summed E-state index contributed by atoms with van der Waals surface area (Å²) in [7, 11) is 0. The quantitative estimate of drug-likeness (QED) is 0.406. The fourth-order valence-electron chi connectivity index (χ4n) is 2.45. The van der Waals surface area contributed by atoms with Gasteiger partial charge in [0.2, 0.25) is 0 Å². The molecule has 0 aromatic heterocycles. The Kier molecular flexibility index (Phi) is 3.28. The van der Waals surface area contributed by atoms with Gasteiger partial charge in [-0.1, -0.05) is 71.6 Å². The molecule has 0 fully saturated rings. The average Bonchev–Trinajstić information content (AvgIpc) is 2.53. The molecule has 1 aliphatic rings. The molecule has 0 radical (unpaired) electrons. The van der Waals surface area contributed by atoms with Crippen LogP contribution in [-0.2, 0) is 0 Å². The first-order valence-electron chi connectivity index (χ1n) is 6.95. The predicted octanol–water partition coefficient (Wildman–Crippen LogP) is 6.28. The molecule has 0 aliphatic carbocycles. The molecule has 0 saturated heterocycles. The van der Waals surface area contributed by atoms with Crippen LogP contribution in [0.1, 0.15) is 5.56 Å². The Balaban J connectivity index is 1.74. The van der Waals surface area contributed by atoms with Crippen LogP contribution in [0.25, 0.3) is 11.1 Å². The average molecular weight is 306 g/mol. The minimum atomic E-state index is 1.29. The topological polar surface area (TPSA) is 0 Å². The maximum Gasteiger partial charge on any atom is 0.0268 e. The van der Waals surface area contributed by atoms with E-state index in [4.69, 9.17) is 0 Å². The third-order valence-corrected chi connectivity index (χ3v) is 6.16. The van der Waals surface area contributed by atoms with E-state index >= 15 is 0 Å². The molecule has 4 rings (SSSR count). The molecular formula is C19H14S2. The van der Waals surface area contributed by atoms with Gasteiger partial charge in [0, 0.05) is 19.6 Å².